The summed E-state index contributed by atoms with van der Waals surface area (Å²) in [4.78, 5) is 26.5. The Morgan fingerprint density at radius 2 is 2.44 bits per heavy atom. The quantitative estimate of drug-likeness (QED) is 0.422. The molecule has 2 aliphatic heterocycles. The number of hydrogen-bond donors (Lipinski definition) is 0. The van der Waals surface area contributed by atoms with E-state index in [9.17, 15) is 9.59 Å². The van der Waals surface area contributed by atoms with E-state index in [1.165, 1.54) is 0 Å². The lowest BCUT2D eigenvalue weighted by Gasteiger charge is -2.34. The summed E-state index contributed by atoms with van der Waals surface area (Å²) in [7, 11) is 0. The standard InChI is InChI=1S/C13H19NO4/c1-3-10-6-8-14-7-5-9-18-12(16)13(10,14)11(15)17-4-2/h3,10H,1,4-9H2,2H3/t10-,13+/m0/s1. The number of esters is 2. The Morgan fingerprint density at radius 1 is 1.67 bits per heavy atom. The Labute approximate surface area is 107 Å². The smallest absolute Gasteiger partial charge is 0.338 e. The summed E-state index contributed by atoms with van der Waals surface area (Å²) in [5.41, 5.74) is -1.30. The van der Waals surface area contributed by atoms with Crippen molar-refractivity contribution in [2.45, 2.75) is 25.3 Å². The van der Waals surface area contributed by atoms with Gasteiger partial charge in [-0.15, -0.1) is 6.58 Å². The fourth-order valence-electron chi connectivity index (χ4n) is 2.91. The highest BCUT2D eigenvalue weighted by atomic mass is 16.6. The maximum absolute atomic E-state index is 12.3. The van der Waals surface area contributed by atoms with E-state index in [4.69, 9.17) is 9.47 Å². The lowest BCUT2D eigenvalue weighted by Crippen LogP contribution is -2.60. The number of fused-ring (bicyclic) bond motifs is 1. The van der Waals surface area contributed by atoms with Crippen molar-refractivity contribution >= 4 is 11.9 Å². The zero-order chi connectivity index (χ0) is 13.2. The van der Waals surface area contributed by atoms with E-state index in [1.54, 1.807) is 13.0 Å². The molecule has 0 aromatic heterocycles. The van der Waals surface area contributed by atoms with Gasteiger partial charge in [-0.1, -0.05) is 6.08 Å². The number of nitrogens with zero attached hydrogens (tertiary/aromatic N) is 1. The lowest BCUT2D eigenvalue weighted by atomic mass is 9.84. The molecule has 18 heavy (non-hydrogen) atoms. The van der Waals surface area contributed by atoms with Gasteiger partial charge in [0, 0.05) is 19.0 Å². The van der Waals surface area contributed by atoms with Crippen molar-refractivity contribution in [2.24, 2.45) is 5.92 Å². The molecule has 0 amide bonds. The van der Waals surface area contributed by atoms with Gasteiger partial charge in [-0.25, -0.2) is 9.59 Å². The van der Waals surface area contributed by atoms with Gasteiger partial charge in [-0.3, -0.25) is 4.90 Å². The minimum absolute atomic E-state index is 0.234. The molecule has 2 heterocycles. The SMILES string of the molecule is C=C[C@H]1CCN2CCCOC(=O)[C@]12C(=O)OCC. The molecule has 0 aliphatic carbocycles. The Morgan fingerprint density at radius 3 is 3.11 bits per heavy atom. The number of rotatable bonds is 3. The monoisotopic (exact) mass is 253 g/mol. The van der Waals surface area contributed by atoms with Crippen LogP contribution in [0.25, 0.3) is 0 Å². The van der Waals surface area contributed by atoms with Crippen molar-refractivity contribution in [3.05, 3.63) is 12.7 Å². The van der Waals surface area contributed by atoms with Crippen molar-refractivity contribution in [1.29, 1.82) is 0 Å². The van der Waals surface area contributed by atoms with Crippen LogP contribution < -0.4 is 0 Å². The van der Waals surface area contributed by atoms with Crippen molar-refractivity contribution < 1.29 is 19.1 Å². The third-order valence-corrected chi connectivity index (χ3v) is 3.73. The molecule has 0 saturated carbocycles. The summed E-state index contributed by atoms with van der Waals surface area (Å²) >= 11 is 0. The zero-order valence-corrected chi connectivity index (χ0v) is 10.7. The molecule has 2 aliphatic rings. The number of ether oxygens (including phenoxy) is 2. The van der Waals surface area contributed by atoms with Crippen molar-refractivity contribution in [1.82, 2.24) is 4.90 Å². The fraction of sp³-hybridized carbons (Fsp3) is 0.692. The molecule has 2 saturated heterocycles. The number of cyclic esters (lactones) is 1. The Kier molecular flexibility index (Phi) is 3.71. The summed E-state index contributed by atoms with van der Waals surface area (Å²) < 4.78 is 10.3. The first-order valence-corrected chi connectivity index (χ1v) is 6.40. The molecular weight excluding hydrogens is 234 g/mol. The second-order valence-corrected chi connectivity index (χ2v) is 4.59. The maximum atomic E-state index is 12.3. The molecule has 0 radical (unpaired) electrons. The largest absolute Gasteiger partial charge is 0.464 e. The van der Waals surface area contributed by atoms with E-state index in [0.29, 0.717) is 19.7 Å². The first-order valence-electron chi connectivity index (χ1n) is 6.40. The second-order valence-electron chi connectivity index (χ2n) is 4.59. The van der Waals surface area contributed by atoms with Crippen LogP contribution in [0, 0.1) is 5.92 Å². The van der Waals surface area contributed by atoms with Gasteiger partial charge >= 0.3 is 11.9 Å². The van der Waals surface area contributed by atoms with E-state index in [-0.39, 0.29) is 12.5 Å². The van der Waals surface area contributed by atoms with Crippen LogP contribution in [0.4, 0.5) is 0 Å². The third kappa shape index (κ3) is 1.73. The molecule has 2 rings (SSSR count). The molecule has 100 valence electrons. The summed E-state index contributed by atoms with van der Waals surface area (Å²) in [6.07, 6.45) is 3.15. The highest BCUT2D eigenvalue weighted by Crippen LogP contribution is 2.39. The predicted octanol–water partition coefficient (Wildman–Crippen LogP) is 0.743. The van der Waals surface area contributed by atoms with Gasteiger partial charge in [0.25, 0.3) is 0 Å². The predicted molar refractivity (Wildman–Crippen MR) is 64.8 cm³/mol. The van der Waals surface area contributed by atoms with Crippen molar-refractivity contribution in [2.75, 3.05) is 26.3 Å². The van der Waals surface area contributed by atoms with Gasteiger partial charge in [0.05, 0.1) is 13.2 Å². The normalized spacial score (nSPS) is 32.3. The first kappa shape index (κ1) is 13.1. The topological polar surface area (TPSA) is 55.8 Å². The third-order valence-electron chi connectivity index (χ3n) is 3.73. The van der Waals surface area contributed by atoms with E-state index in [2.05, 4.69) is 6.58 Å². The van der Waals surface area contributed by atoms with E-state index < -0.39 is 17.5 Å². The average molecular weight is 253 g/mol. The second kappa shape index (κ2) is 5.10. The van der Waals surface area contributed by atoms with Crippen LogP contribution in [0.15, 0.2) is 12.7 Å². The summed E-state index contributed by atoms with van der Waals surface area (Å²) in [6.45, 7) is 7.47. The molecule has 0 spiro atoms. The van der Waals surface area contributed by atoms with Crippen molar-refractivity contribution in [3.8, 4) is 0 Å². The van der Waals surface area contributed by atoms with Gasteiger partial charge in [-0.05, 0) is 19.8 Å². The number of carbonyl (C=O) groups excluding carboxylic acids is 2. The van der Waals surface area contributed by atoms with Crippen LogP contribution in [0.1, 0.15) is 19.8 Å². The van der Waals surface area contributed by atoms with Crippen LogP contribution in [0.3, 0.4) is 0 Å². The molecule has 0 unspecified atom stereocenters. The summed E-state index contributed by atoms with van der Waals surface area (Å²) in [5, 5.41) is 0. The van der Waals surface area contributed by atoms with Gasteiger partial charge < -0.3 is 9.47 Å². The molecule has 2 atom stereocenters. The highest BCUT2D eigenvalue weighted by molar-refractivity contribution is 6.06. The Bertz CT molecular complexity index is 368. The lowest BCUT2D eigenvalue weighted by molar-refractivity contribution is -0.172. The molecule has 0 aromatic carbocycles. The maximum Gasteiger partial charge on any atom is 0.338 e. The van der Waals surface area contributed by atoms with E-state index in [0.717, 1.165) is 12.8 Å². The van der Waals surface area contributed by atoms with E-state index >= 15 is 0 Å². The minimum atomic E-state index is -1.30. The Hall–Kier alpha value is -1.36. The molecule has 5 nitrogen and oxygen atoms in total. The van der Waals surface area contributed by atoms with E-state index in [1.807, 2.05) is 4.90 Å². The van der Waals surface area contributed by atoms with Crippen LogP contribution in [-0.4, -0.2) is 48.7 Å². The molecular formula is C13H19NO4. The van der Waals surface area contributed by atoms with Gasteiger partial charge in [0.1, 0.15) is 0 Å². The molecule has 0 N–H and O–H groups in total. The van der Waals surface area contributed by atoms with Crippen molar-refractivity contribution in [3.63, 3.8) is 0 Å². The highest BCUT2D eigenvalue weighted by Gasteiger charge is 2.61. The van der Waals surface area contributed by atoms with Crippen LogP contribution >= 0.6 is 0 Å². The first-order chi connectivity index (χ1) is 8.67. The average Bonchev–Trinajstić information content (AvgIpc) is 2.65. The molecule has 0 bridgehead atoms. The molecule has 0 aromatic rings. The minimum Gasteiger partial charge on any atom is -0.464 e. The van der Waals surface area contributed by atoms with Crippen LogP contribution in [-0.2, 0) is 19.1 Å². The summed E-state index contributed by atoms with van der Waals surface area (Å²) in [6, 6.07) is 0. The molecule has 2 fully saturated rings. The van der Waals surface area contributed by atoms with Gasteiger partial charge in [0.2, 0.25) is 5.54 Å². The number of carbonyl (C=O) groups is 2. The fourth-order valence-corrected chi connectivity index (χ4v) is 2.91. The molecule has 5 heteroatoms. The van der Waals surface area contributed by atoms with Crippen LogP contribution in [0.2, 0.25) is 0 Å². The Balaban J connectivity index is 2.43. The summed E-state index contributed by atoms with van der Waals surface area (Å²) in [5.74, 6) is -1.22. The van der Waals surface area contributed by atoms with Gasteiger partial charge in [-0.2, -0.15) is 0 Å². The van der Waals surface area contributed by atoms with Crippen LogP contribution in [0.5, 0.6) is 0 Å². The number of hydrogen-bond acceptors (Lipinski definition) is 5. The zero-order valence-electron chi connectivity index (χ0n) is 10.7. The van der Waals surface area contributed by atoms with Gasteiger partial charge in [0.15, 0.2) is 0 Å².